The van der Waals surface area contributed by atoms with Gasteiger partial charge < -0.3 is 15.2 Å². The molecule has 1 fully saturated rings. The standard InChI is InChI=1S/C18H28N2O3/c1-2-10-23-14-18(22)19-17-12-20(9-8-16(17)13-21)11-15-6-4-3-5-7-15/h3-7,16-17,21H,2,8-14H2,1H3,(H,19,22). The number of aliphatic hydroxyl groups excluding tert-OH is 1. The molecule has 1 heterocycles. The zero-order valence-corrected chi connectivity index (χ0v) is 13.9. The van der Waals surface area contributed by atoms with Gasteiger partial charge in [0.05, 0.1) is 0 Å². The van der Waals surface area contributed by atoms with Gasteiger partial charge in [-0.1, -0.05) is 37.3 Å². The molecule has 2 atom stereocenters. The van der Waals surface area contributed by atoms with Gasteiger partial charge in [0.2, 0.25) is 5.91 Å². The Kier molecular flexibility index (Phi) is 7.52. The normalized spacial score (nSPS) is 22.0. The maximum absolute atomic E-state index is 12.0. The summed E-state index contributed by atoms with van der Waals surface area (Å²) in [4.78, 5) is 14.3. The molecule has 0 spiro atoms. The van der Waals surface area contributed by atoms with Crippen molar-refractivity contribution in [3.63, 3.8) is 0 Å². The fourth-order valence-electron chi connectivity index (χ4n) is 2.99. The number of piperidine rings is 1. The minimum atomic E-state index is -0.0940. The van der Waals surface area contributed by atoms with Gasteiger partial charge in [0.15, 0.2) is 0 Å². The zero-order valence-electron chi connectivity index (χ0n) is 13.9. The summed E-state index contributed by atoms with van der Waals surface area (Å²) in [5.74, 6) is 0.0283. The van der Waals surface area contributed by atoms with E-state index in [0.29, 0.717) is 6.61 Å². The van der Waals surface area contributed by atoms with Gasteiger partial charge in [-0.25, -0.2) is 0 Å². The molecule has 0 aliphatic carbocycles. The Labute approximate surface area is 138 Å². The van der Waals surface area contributed by atoms with Crippen molar-refractivity contribution in [1.82, 2.24) is 10.2 Å². The highest BCUT2D eigenvalue weighted by Crippen LogP contribution is 2.19. The number of hydrogen-bond donors (Lipinski definition) is 2. The molecule has 1 saturated heterocycles. The second kappa shape index (κ2) is 9.65. The molecular formula is C18H28N2O3. The summed E-state index contributed by atoms with van der Waals surface area (Å²) in [5.41, 5.74) is 1.27. The van der Waals surface area contributed by atoms with Crippen LogP contribution in [0.1, 0.15) is 25.3 Å². The third kappa shape index (κ3) is 5.94. The summed E-state index contributed by atoms with van der Waals surface area (Å²) in [5, 5.41) is 12.6. The van der Waals surface area contributed by atoms with Crippen molar-refractivity contribution in [3.8, 4) is 0 Å². The first-order valence-electron chi connectivity index (χ1n) is 8.47. The molecule has 5 nitrogen and oxygen atoms in total. The summed E-state index contributed by atoms with van der Waals surface area (Å²) < 4.78 is 5.29. The van der Waals surface area contributed by atoms with E-state index in [1.807, 2.05) is 25.1 Å². The Morgan fingerprint density at radius 1 is 1.39 bits per heavy atom. The average Bonchev–Trinajstić information content (AvgIpc) is 2.56. The van der Waals surface area contributed by atoms with Gasteiger partial charge in [0, 0.05) is 38.3 Å². The van der Waals surface area contributed by atoms with Gasteiger partial charge in [-0.05, 0) is 24.9 Å². The van der Waals surface area contributed by atoms with E-state index in [1.54, 1.807) is 0 Å². The maximum Gasteiger partial charge on any atom is 0.246 e. The molecule has 2 unspecified atom stereocenters. The monoisotopic (exact) mass is 320 g/mol. The zero-order chi connectivity index (χ0) is 16.5. The van der Waals surface area contributed by atoms with E-state index in [2.05, 4.69) is 22.3 Å². The predicted octanol–water partition coefficient (Wildman–Crippen LogP) is 1.41. The maximum atomic E-state index is 12.0. The van der Waals surface area contributed by atoms with Crippen LogP contribution in [0.15, 0.2) is 30.3 Å². The number of carbonyl (C=O) groups is 1. The van der Waals surface area contributed by atoms with Crippen LogP contribution in [0.25, 0.3) is 0 Å². The van der Waals surface area contributed by atoms with Crippen molar-refractivity contribution in [1.29, 1.82) is 0 Å². The number of nitrogens with one attached hydrogen (secondary N) is 1. The fourth-order valence-corrected chi connectivity index (χ4v) is 2.99. The van der Waals surface area contributed by atoms with Crippen molar-refractivity contribution in [2.75, 3.05) is 32.9 Å². The molecule has 0 aromatic heterocycles. The summed E-state index contributed by atoms with van der Waals surface area (Å²) in [7, 11) is 0. The van der Waals surface area contributed by atoms with Crippen molar-refractivity contribution in [2.45, 2.75) is 32.4 Å². The number of hydrogen-bond acceptors (Lipinski definition) is 4. The van der Waals surface area contributed by atoms with Crippen LogP contribution in [0, 0.1) is 5.92 Å². The SMILES string of the molecule is CCCOCC(=O)NC1CN(Cc2ccccc2)CCC1CO. The Morgan fingerprint density at radius 3 is 2.87 bits per heavy atom. The fraction of sp³-hybridized carbons (Fsp3) is 0.611. The highest BCUT2D eigenvalue weighted by molar-refractivity contribution is 5.77. The second-order valence-electron chi connectivity index (χ2n) is 6.18. The van der Waals surface area contributed by atoms with Crippen molar-refractivity contribution in [2.24, 2.45) is 5.92 Å². The Morgan fingerprint density at radius 2 is 2.17 bits per heavy atom. The van der Waals surface area contributed by atoms with Crippen LogP contribution >= 0.6 is 0 Å². The average molecular weight is 320 g/mol. The lowest BCUT2D eigenvalue weighted by Crippen LogP contribution is -2.53. The second-order valence-corrected chi connectivity index (χ2v) is 6.18. The molecule has 1 aliphatic rings. The molecule has 0 radical (unpaired) electrons. The van der Waals surface area contributed by atoms with Gasteiger partial charge in [-0.15, -0.1) is 0 Å². The first-order valence-corrected chi connectivity index (χ1v) is 8.47. The van der Waals surface area contributed by atoms with Crippen LogP contribution in [0.2, 0.25) is 0 Å². The molecule has 2 rings (SSSR count). The Hall–Kier alpha value is -1.43. The summed E-state index contributed by atoms with van der Waals surface area (Å²) >= 11 is 0. The number of rotatable bonds is 8. The topological polar surface area (TPSA) is 61.8 Å². The van der Waals surface area contributed by atoms with Gasteiger partial charge in [-0.3, -0.25) is 9.69 Å². The third-order valence-corrected chi connectivity index (χ3v) is 4.25. The van der Waals surface area contributed by atoms with Gasteiger partial charge in [-0.2, -0.15) is 0 Å². The highest BCUT2D eigenvalue weighted by atomic mass is 16.5. The van der Waals surface area contributed by atoms with E-state index >= 15 is 0 Å². The minimum Gasteiger partial charge on any atom is -0.396 e. The predicted molar refractivity (Wildman–Crippen MR) is 90.0 cm³/mol. The molecule has 0 bridgehead atoms. The Bertz CT molecular complexity index is 467. The third-order valence-electron chi connectivity index (χ3n) is 4.25. The molecule has 5 heteroatoms. The molecule has 1 aromatic carbocycles. The molecule has 0 saturated carbocycles. The Balaban J connectivity index is 1.86. The van der Waals surface area contributed by atoms with Crippen LogP contribution in [0.5, 0.6) is 0 Å². The van der Waals surface area contributed by atoms with E-state index < -0.39 is 0 Å². The van der Waals surface area contributed by atoms with E-state index in [-0.39, 0.29) is 31.1 Å². The van der Waals surface area contributed by atoms with E-state index in [9.17, 15) is 9.90 Å². The quantitative estimate of drug-likeness (QED) is 0.711. The lowest BCUT2D eigenvalue weighted by Gasteiger charge is -2.38. The van der Waals surface area contributed by atoms with Gasteiger partial charge in [0.25, 0.3) is 0 Å². The van der Waals surface area contributed by atoms with E-state index in [4.69, 9.17) is 4.74 Å². The van der Waals surface area contributed by atoms with Gasteiger partial charge >= 0.3 is 0 Å². The van der Waals surface area contributed by atoms with Gasteiger partial charge in [0.1, 0.15) is 6.61 Å². The highest BCUT2D eigenvalue weighted by Gasteiger charge is 2.29. The number of ether oxygens (including phenoxy) is 1. The molecule has 1 amide bonds. The van der Waals surface area contributed by atoms with Crippen molar-refractivity contribution >= 4 is 5.91 Å². The smallest absolute Gasteiger partial charge is 0.246 e. The minimum absolute atomic E-state index is 0.0183. The molecule has 128 valence electrons. The van der Waals surface area contributed by atoms with Crippen molar-refractivity contribution < 1.29 is 14.6 Å². The molecule has 2 N–H and O–H groups in total. The van der Waals surface area contributed by atoms with Crippen LogP contribution in [0.4, 0.5) is 0 Å². The number of amides is 1. The van der Waals surface area contributed by atoms with Crippen LogP contribution < -0.4 is 5.32 Å². The lowest BCUT2D eigenvalue weighted by molar-refractivity contribution is -0.127. The summed E-state index contributed by atoms with van der Waals surface area (Å²) in [6.07, 6.45) is 1.80. The number of benzene rings is 1. The van der Waals surface area contributed by atoms with Crippen LogP contribution in [-0.4, -0.2) is 54.9 Å². The summed E-state index contributed by atoms with van der Waals surface area (Å²) in [6, 6.07) is 10.3. The number of carbonyl (C=O) groups excluding carboxylic acids is 1. The first-order chi connectivity index (χ1) is 11.2. The molecular weight excluding hydrogens is 292 g/mol. The van der Waals surface area contributed by atoms with Crippen LogP contribution in [0.3, 0.4) is 0 Å². The lowest BCUT2D eigenvalue weighted by atomic mass is 9.92. The molecule has 1 aliphatic heterocycles. The van der Waals surface area contributed by atoms with Crippen LogP contribution in [-0.2, 0) is 16.1 Å². The first kappa shape index (κ1) is 17.9. The van der Waals surface area contributed by atoms with E-state index in [1.165, 1.54) is 5.56 Å². The molecule has 1 aromatic rings. The number of likely N-dealkylation sites (tertiary alicyclic amines) is 1. The molecule has 23 heavy (non-hydrogen) atoms. The van der Waals surface area contributed by atoms with E-state index in [0.717, 1.165) is 32.5 Å². The number of nitrogens with zero attached hydrogens (tertiary/aromatic N) is 1. The van der Waals surface area contributed by atoms with Crippen molar-refractivity contribution in [3.05, 3.63) is 35.9 Å². The summed E-state index contributed by atoms with van der Waals surface area (Å²) in [6.45, 7) is 5.40. The largest absolute Gasteiger partial charge is 0.396 e. The number of aliphatic hydroxyl groups is 1.